The molecule has 1 fully saturated rings. The minimum Gasteiger partial charge on any atom is -0.335 e. The molecular weight excluding hydrogens is 231 g/mol. The van der Waals surface area contributed by atoms with Gasteiger partial charge < -0.3 is 10.6 Å². The summed E-state index contributed by atoms with van der Waals surface area (Å²) >= 11 is 0. The fourth-order valence-electron chi connectivity index (χ4n) is 2.11. The Labute approximate surface area is 107 Å². The minimum absolute atomic E-state index is 0.140. The minimum atomic E-state index is -0.169. The molecule has 0 aliphatic heterocycles. The molecule has 1 aromatic rings. The van der Waals surface area contributed by atoms with Crippen LogP contribution in [0.4, 0.5) is 9.18 Å². The molecule has 2 N–H and O–H groups in total. The standard InChI is InChI=1S/C14H19FN2O/c1-9-6-11(7-10(2)13(9)15)8-16-14(18)17-12-4-3-5-12/h6-7,12H,3-5,8H2,1-2H3,(H2,16,17,18). The molecule has 2 rings (SSSR count). The lowest BCUT2D eigenvalue weighted by atomic mass is 9.93. The first-order chi connectivity index (χ1) is 8.56. The molecule has 0 unspecified atom stereocenters. The summed E-state index contributed by atoms with van der Waals surface area (Å²) in [6.07, 6.45) is 3.34. The molecule has 18 heavy (non-hydrogen) atoms. The molecule has 1 aromatic carbocycles. The van der Waals surface area contributed by atoms with Gasteiger partial charge in [-0.1, -0.05) is 12.1 Å². The van der Waals surface area contributed by atoms with Crippen LogP contribution < -0.4 is 10.6 Å². The highest BCUT2D eigenvalue weighted by Crippen LogP contribution is 2.18. The van der Waals surface area contributed by atoms with Gasteiger partial charge >= 0.3 is 6.03 Å². The normalized spacial score (nSPS) is 15.1. The maximum Gasteiger partial charge on any atom is 0.315 e. The van der Waals surface area contributed by atoms with Crippen molar-refractivity contribution in [2.75, 3.05) is 0 Å². The van der Waals surface area contributed by atoms with Crippen LogP contribution in [0.25, 0.3) is 0 Å². The molecule has 0 heterocycles. The Morgan fingerprint density at radius 3 is 2.44 bits per heavy atom. The number of urea groups is 1. The lowest BCUT2D eigenvalue weighted by Crippen LogP contribution is -2.44. The topological polar surface area (TPSA) is 41.1 Å². The van der Waals surface area contributed by atoms with Crippen molar-refractivity contribution in [3.8, 4) is 0 Å². The van der Waals surface area contributed by atoms with E-state index in [2.05, 4.69) is 10.6 Å². The first-order valence-electron chi connectivity index (χ1n) is 6.36. The van der Waals surface area contributed by atoms with Crippen molar-refractivity contribution >= 4 is 6.03 Å². The fourth-order valence-corrected chi connectivity index (χ4v) is 2.11. The van der Waals surface area contributed by atoms with E-state index >= 15 is 0 Å². The number of halogens is 1. The molecule has 1 saturated carbocycles. The summed E-state index contributed by atoms with van der Waals surface area (Å²) in [4.78, 5) is 11.6. The van der Waals surface area contributed by atoms with Crippen LogP contribution in [0.1, 0.15) is 36.0 Å². The van der Waals surface area contributed by atoms with Gasteiger partial charge in [0.25, 0.3) is 0 Å². The van der Waals surface area contributed by atoms with E-state index < -0.39 is 0 Å². The quantitative estimate of drug-likeness (QED) is 0.851. The first kappa shape index (κ1) is 12.9. The first-order valence-corrected chi connectivity index (χ1v) is 6.36. The molecule has 0 aromatic heterocycles. The van der Waals surface area contributed by atoms with Gasteiger partial charge in [0, 0.05) is 12.6 Å². The van der Waals surface area contributed by atoms with E-state index in [1.807, 2.05) is 0 Å². The summed E-state index contributed by atoms with van der Waals surface area (Å²) in [7, 11) is 0. The highest BCUT2D eigenvalue weighted by Gasteiger charge is 2.18. The average molecular weight is 250 g/mol. The highest BCUT2D eigenvalue weighted by molar-refractivity contribution is 5.74. The number of hydrogen-bond acceptors (Lipinski definition) is 1. The van der Waals surface area contributed by atoms with Gasteiger partial charge in [-0.25, -0.2) is 9.18 Å². The van der Waals surface area contributed by atoms with E-state index in [0.717, 1.165) is 18.4 Å². The van der Waals surface area contributed by atoms with E-state index in [0.29, 0.717) is 23.7 Å². The third kappa shape index (κ3) is 3.00. The molecule has 1 aliphatic rings. The van der Waals surface area contributed by atoms with Gasteiger partial charge in [-0.3, -0.25) is 0 Å². The highest BCUT2D eigenvalue weighted by atomic mass is 19.1. The third-order valence-electron chi connectivity index (χ3n) is 3.39. The van der Waals surface area contributed by atoms with Crippen molar-refractivity contribution in [1.29, 1.82) is 0 Å². The summed E-state index contributed by atoms with van der Waals surface area (Å²) < 4.78 is 13.4. The number of benzene rings is 1. The summed E-state index contributed by atoms with van der Waals surface area (Å²) in [5.41, 5.74) is 2.16. The number of carbonyl (C=O) groups is 1. The van der Waals surface area contributed by atoms with Gasteiger partial charge in [-0.2, -0.15) is 0 Å². The summed E-state index contributed by atoms with van der Waals surface area (Å²) in [5, 5.41) is 5.70. The Bertz CT molecular complexity index is 432. The van der Waals surface area contributed by atoms with Gasteiger partial charge in [0.2, 0.25) is 0 Å². The second kappa shape index (κ2) is 5.38. The number of aryl methyl sites for hydroxylation is 2. The Kier molecular flexibility index (Phi) is 3.84. The number of amides is 2. The Hall–Kier alpha value is -1.58. The predicted molar refractivity (Wildman–Crippen MR) is 68.9 cm³/mol. The van der Waals surface area contributed by atoms with Crippen LogP contribution in [0.3, 0.4) is 0 Å². The Morgan fingerprint density at radius 1 is 1.33 bits per heavy atom. The monoisotopic (exact) mass is 250 g/mol. The smallest absolute Gasteiger partial charge is 0.315 e. The molecule has 3 nitrogen and oxygen atoms in total. The van der Waals surface area contributed by atoms with Gasteiger partial charge in [-0.15, -0.1) is 0 Å². The van der Waals surface area contributed by atoms with E-state index in [1.54, 1.807) is 26.0 Å². The van der Waals surface area contributed by atoms with Crippen molar-refractivity contribution < 1.29 is 9.18 Å². The third-order valence-corrected chi connectivity index (χ3v) is 3.39. The van der Waals surface area contributed by atoms with Crippen molar-refractivity contribution in [3.05, 3.63) is 34.6 Å². The number of nitrogens with one attached hydrogen (secondary N) is 2. The molecule has 0 spiro atoms. The molecule has 4 heteroatoms. The second-order valence-corrected chi connectivity index (χ2v) is 5.00. The summed E-state index contributed by atoms with van der Waals surface area (Å²) in [6, 6.07) is 3.73. The molecule has 0 bridgehead atoms. The lowest BCUT2D eigenvalue weighted by molar-refractivity contribution is 0.228. The van der Waals surface area contributed by atoms with Crippen molar-refractivity contribution in [2.45, 2.75) is 45.7 Å². The zero-order valence-corrected chi connectivity index (χ0v) is 10.8. The molecule has 0 radical (unpaired) electrons. The zero-order chi connectivity index (χ0) is 13.1. The van der Waals surface area contributed by atoms with Crippen molar-refractivity contribution in [2.24, 2.45) is 0 Å². The van der Waals surface area contributed by atoms with Gasteiger partial charge in [0.1, 0.15) is 5.82 Å². The van der Waals surface area contributed by atoms with Crippen LogP contribution in [0, 0.1) is 19.7 Å². The maximum absolute atomic E-state index is 13.4. The SMILES string of the molecule is Cc1cc(CNC(=O)NC2CCC2)cc(C)c1F. The predicted octanol–water partition coefficient (Wildman–Crippen LogP) is 2.79. The molecule has 98 valence electrons. The number of carbonyl (C=O) groups excluding carboxylic acids is 1. The van der Waals surface area contributed by atoms with Crippen LogP contribution in [0.15, 0.2) is 12.1 Å². The second-order valence-electron chi connectivity index (χ2n) is 5.00. The van der Waals surface area contributed by atoms with Crippen LogP contribution in [0.5, 0.6) is 0 Å². The largest absolute Gasteiger partial charge is 0.335 e. The molecule has 0 saturated heterocycles. The van der Waals surface area contributed by atoms with E-state index in [-0.39, 0.29) is 11.8 Å². The molecule has 2 amide bonds. The van der Waals surface area contributed by atoms with Gasteiger partial charge in [-0.05, 0) is 49.8 Å². The maximum atomic E-state index is 13.4. The van der Waals surface area contributed by atoms with Crippen LogP contribution in [-0.4, -0.2) is 12.1 Å². The van der Waals surface area contributed by atoms with Crippen molar-refractivity contribution in [3.63, 3.8) is 0 Å². The molecular formula is C14H19FN2O. The average Bonchev–Trinajstić information content (AvgIpc) is 2.28. The molecule has 1 aliphatic carbocycles. The Balaban J connectivity index is 1.87. The van der Waals surface area contributed by atoms with E-state index in [9.17, 15) is 9.18 Å². The van der Waals surface area contributed by atoms with E-state index in [1.165, 1.54) is 6.42 Å². The van der Waals surface area contributed by atoms with Crippen LogP contribution in [-0.2, 0) is 6.54 Å². The lowest BCUT2D eigenvalue weighted by Gasteiger charge is -2.26. The fraction of sp³-hybridized carbons (Fsp3) is 0.500. The number of rotatable bonds is 3. The van der Waals surface area contributed by atoms with Crippen LogP contribution in [0.2, 0.25) is 0 Å². The van der Waals surface area contributed by atoms with Gasteiger partial charge in [0.05, 0.1) is 0 Å². The summed E-state index contributed by atoms with van der Waals surface area (Å²) in [6.45, 7) is 3.90. The van der Waals surface area contributed by atoms with E-state index in [4.69, 9.17) is 0 Å². The van der Waals surface area contributed by atoms with Crippen molar-refractivity contribution in [1.82, 2.24) is 10.6 Å². The Morgan fingerprint density at radius 2 is 1.94 bits per heavy atom. The summed E-state index contributed by atoms with van der Waals surface area (Å²) in [5.74, 6) is -0.169. The van der Waals surface area contributed by atoms with Gasteiger partial charge in [0.15, 0.2) is 0 Å². The number of hydrogen-bond donors (Lipinski definition) is 2. The molecule has 0 atom stereocenters. The van der Waals surface area contributed by atoms with Crippen LogP contribution >= 0.6 is 0 Å². The zero-order valence-electron chi connectivity index (χ0n) is 10.8.